The van der Waals surface area contributed by atoms with E-state index in [1.807, 2.05) is 182 Å². The fourth-order valence-corrected chi connectivity index (χ4v) is 8.02. The third-order valence-electron chi connectivity index (χ3n) is 11.4. The molecule has 0 aliphatic carbocycles. The van der Waals surface area contributed by atoms with Gasteiger partial charge in [0.1, 0.15) is 48.8 Å². The molecule has 6 aromatic carbocycles. The molecular weight excluding hydrogens is 828 g/mol. The predicted octanol–water partition coefficient (Wildman–Crippen LogP) is 8.93. The molecule has 0 radical (unpaired) electrons. The first-order chi connectivity index (χ1) is 32.1. The van der Waals surface area contributed by atoms with Gasteiger partial charge in [0, 0.05) is 0 Å². The van der Waals surface area contributed by atoms with E-state index < -0.39 is 61.5 Å². The number of halogens is 1. The lowest BCUT2D eigenvalue weighted by atomic mass is 9.96. The molecule has 65 heavy (non-hydrogen) atoms. The number of ether oxygens (including phenoxy) is 9. The molecule has 2 heterocycles. The second-order valence-corrected chi connectivity index (χ2v) is 16.2. The predicted molar refractivity (Wildman–Crippen MR) is 242 cm³/mol. The van der Waals surface area contributed by atoms with Gasteiger partial charge in [-0.1, -0.05) is 182 Å². The van der Waals surface area contributed by atoms with Crippen LogP contribution in [-0.2, 0) is 82.3 Å². The van der Waals surface area contributed by atoms with Crippen molar-refractivity contribution < 1.29 is 52.1 Å². The van der Waals surface area contributed by atoms with Crippen molar-refractivity contribution >= 4 is 0 Å². The minimum atomic E-state index is -2.04. The molecule has 10 atom stereocenters. The van der Waals surface area contributed by atoms with E-state index in [2.05, 4.69) is 0 Å². The van der Waals surface area contributed by atoms with Crippen molar-refractivity contribution in [3.63, 3.8) is 0 Å². The van der Waals surface area contributed by atoms with Crippen molar-refractivity contribution in [2.45, 2.75) is 101 Å². The van der Waals surface area contributed by atoms with Crippen LogP contribution in [0.2, 0.25) is 0 Å². The van der Waals surface area contributed by atoms with Gasteiger partial charge in [-0.3, -0.25) is 0 Å². The van der Waals surface area contributed by atoms with Crippen LogP contribution in [-0.4, -0.2) is 79.8 Å². The highest BCUT2D eigenvalue weighted by molar-refractivity contribution is 5.18. The SMILES string of the molecule is O[C@@H]1[C@@H](O[C@H]2[C@@H](OCc3ccccc3)[C@H](OCc3ccccc3)[C@@H](COCc3ccccc3)O[C@@H]2F)O[C@H](COCc2ccccc2)[C@@H](OCc2ccccc2)[C@@H]1OCc1ccccc1. The number of aliphatic hydroxyl groups is 1. The lowest BCUT2D eigenvalue weighted by Crippen LogP contribution is -2.65. The third-order valence-corrected chi connectivity index (χ3v) is 11.4. The van der Waals surface area contributed by atoms with Crippen LogP contribution in [0.4, 0.5) is 4.39 Å². The fraction of sp³-hybridized carbons (Fsp3) is 0.333. The molecule has 0 saturated carbocycles. The van der Waals surface area contributed by atoms with Gasteiger partial charge in [0.15, 0.2) is 6.29 Å². The van der Waals surface area contributed by atoms with Crippen LogP contribution in [0.1, 0.15) is 33.4 Å². The first-order valence-corrected chi connectivity index (χ1v) is 22.2. The smallest absolute Gasteiger partial charge is 0.228 e. The summed E-state index contributed by atoms with van der Waals surface area (Å²) >= 11 is 0. The Morgan fingerprint density at radius 2 is 0.677 bits per heavy atom. The highest BCUT2D eigenvalue weighted by atomic mass is 19.1. The van der Waals surface area contributed by atoms with Crippen LogP contribution in [0, 0.1) is 0 Å². The Morgan fingerprint density at radius 3 is 1.06 bits per heavy atom. The van der Waals surface area contributed by atoms with E-state index in [4.69, 9.17) is 42.6 Å². The van der Waals surface area contributed by atoms with Crippen molar-refractivity contribution in [2.75, 3.05) is 13.2 Å². The number of hydrogen-bond acceptors (Lipinski definition) is 10. The summed E-state index contributed by atoms with van der Waals surface area (Å²) in [5.74, 6) is 0. The molecule has 340 valence electrons. The molecule has 0 aromatic heterocycles. The second kappa shape index (κ2) is 24.4. The maximum Gasteiger partial charge on any atom is 0.228 e. The minimum absolute atomic E-state index is 0.00585. The molecule has 0 bridgehead atoms. The van der Waals surface area contributed by atoms with Gasteiger partial charge in [0.05, 0.1) is 52.9 Å². The number of hydrogen-bond donors (Lipinski definition) is 1. The van der Waals surface area contributed by atoms with Crippen LogP contribution in [0.5, 0.6) is 0 Å². The summed E-state index contributed by atoms with van der Waals surface area (Å²) in [6.45, 7) is 1.28. The molecule has 10 nitrogen and oxygen atoms in total. The van der Waals surface area contributed by atoms with Gasteiger partial charge in [-0.2, -0.15) is 0 Å². The maximum atomic E-state index is 17.0. The van der Waals surface area contributed by atoms with E-state index in [0.717, 1.165) is 33.4 Å². The van der Waals surface area contributed by atoms with E-state index in [9.17, 15) is 5.11 Å². The molecule has 11 heteroatoms. The summed E-state index contributed by atoms with van der Waals surface area (Å²) in [5, 5.41) is 12.3. The topological polar surface area (TPSA) is 103 Å². The molecule has 2 aliphatic heterocycles. The number of aliphatic hydroxyl groups excluding tert-OH is 1. The van der Waals surface area contributed by atoms with Crippen molar-refractivity contribution in [1.82, 2.24) is 0 Å². The molecular formula is C54H57FO10. The summed E-state index contributed by atoms with van der Waals surface area (Å²) in [5.41, 5.74) is 5.51. The first-order valence-electron chi connectivity index (χ1n) is 22.2. The van der Waals surface area contributed by atoms with E-state index in [-0.39, 0.29) is 46.2 Å². The van der Waals surface area contributed by atoms with Gasteiger partial charge in [0.25, 0.3) is 0 Å². The van der Waals surface area contributed by atoms with Crippen LogP contribution in [0.3, 0.4) is 0 Å². The monoisotopic (exact) mass is 884 g/mol. The Kier molecular flexibility index (Phi) is 17.4. The summed E-state index contributed by atoms with van der Waals surface area (Å²) in [7, 11) is 0. The summed E-state index contributed by atoms with van der Waals surface area (Å²) in [4.78, 5) is 0. The second-order valence-electron chi connectivity index (χ2n) is 16.2. The van der Waals surface area contributed by atoms with Crippen molar-refractivity contribution in [2.24, 2.45) is 0 Å². The molecule has 1 N–H and O–H groups in total. The normalized spacial score (nSPS) is 25.6. The molecule has 2 aliphatic rings. The van der Waals surface area contributed by atoms with Gasteiger partial charge in [0.2, 0.25) is 6.36 Å². The van der Waals surface area contributed by atoms with E-state index in [1.54, 1.807) is 0 Å². The molecule has 2 saturated heterocycles. The maximum absolute atomic E-state index is 17.0. The Labute approximate surface area is 380 Å². The van der Waals surface area contributed by atoms with Gasteiger partial charge in [-0.05, 0) is 33.4 Å². The minimum Gasteiger partial charge on any atom is -0.385 e. The van der Waals surface area contributed by atoms with Crippen molar-refractivity contribution in [3.8, 4) is 0 Å². The van der Waals surface area contributed by atoms with Gasteiger partial charge in [-0.25, -0.2) is 4.39 Å². The van der Waals surface area contributed by atoms with Crippen LogP contribution in [0.15, 0.2) is 182 Å². The molecule has 2 fully saturated rings. The van der Waals surface area contributed by atoms with Crippen LogP contribution < -0.4 is 0 Å². The zero-order valence-corrected chi connectivity index (χ0v) is 36.3. The molecule has 0 unspecified atom stereocenters. The first kappa shape index (κ1) is 46.4. The van der Waals surface area contributed by atoms with Crippen LogP contribution >= 0.6 is 0 Å². The average molecular weight is 885 g/mol. The Morgan fingerprint density at radius 1 is 0.369 bits per heavy atom. The standard InChI is InChI=1S/C54H57FO10/c55-53-52(51(62-36-44-29-17-6-18-30-44)49(60-34-42-25-13-4-14-26-42)45(63-53)37-57-31-39-19-7-1-8-20-39)65-54-47(56)50(61-35-43-27-15-5-16-28-43)48(59-33-41-23-11-3-12-24-41)46(64-54)38-58-32-40-21-9-2-10-22-40/h1-30,45-54,56H,31-38H2/t45-,46-,47+,48-,49-,50-,51+,52+,53+,54-/m1/s1. The lowest BCUT2D eigenvalue weighted by molar-refractivity contribution is -0.366. The Balaban J connectivity index is 1.09. The summed E-state index contributed by atoms with van der Waals surface area (Å²) in [6, 6.07) is 58.2. The zero-order chi connectivity index (χ0) is 44.5. The number of alkyl halides is 1. The van der Waals surface area contributed by atoms with Gasteiger partial charge in [-0.15, -0.1) is 0 Å². The van der Waals surface area contributed by atoms with Crippen molar-refractivity contribution in [1.29, 1.82) is 0 Å². The highest BCUT2D eigenvalue weighted by Crippen LogP contribution is 2.35. The molecule has 6 aromatic rings. The molecule has 0 amide bonds. The third kappa shape index (κ3) is 13.5. The van der Waals surface area contributed by atoms with E-state index in [1.165, 1.54) is 0 Å². The van der Waals surface area contributed by atoms with Crippen LogP contribution in [0.25, 0.3) is 0 Å². The lowest BCUT2D eigenvalue weighted by Gasteiger charge is -2.48. The van der Waals surface area contributed by atoms with Gasteiger partial charge >= 0.3 is 0 Å². The summed E-state index contributed by atoms with van der Waals surface area (Å²) in [6.07, 6.45) is -11.9. The Bertz CT molecular complexity index is 2210. The van der Waals surface area contributed by atoms with E-state index in [0.29, 0.717) is 6.61 Å². The Hall–Kier alpha value is -5.15. The van der Waals surface area contributed by atoms with E-state index >= 15 is 4.39 Å². The number of benzene rings is 6. The number of rotatable bonds is 22. The molecule has 8 rings (SSSR count). The fourth-order valence-electron chi connectivity index (χ4n) is 8.02. The molecule has 0 spiro atoms. The largest absolute Gasteiger partial charge is 0.385 e. The zero-order valence-electron chi connectivity index (χ0n) is 36.3. The summed E-state index contributed by atoms with van der Waals surface area (Å²) < 4.78 is 75.4. The highest BCUT2D eigenvalue weighted by Gasteiger charge is 2.54. The average Bonchev–Trinajstić information content (AvgIpc) is 3.35. The van der Waals surface area contributed by atoms with Crippen molar-refractivity contribution in [3.05, 3.63) is 215 Å². The quantitative estimate of drug-likeness (QED) is 0.0712. The van der Waals surface area contributed by atoms with Gasteiger partial charge < -0.3 is 47.7 Å².